The monoisotopic (exact) mass is 248 g/mol. The number of hydrogen-bond acceptors (Lipinski definition) is 7. The van der Waals surface area contributed by atoms with Crippen LogP contribution in [0, 0.1) is 0 Å². The Hall–Kier alpha value is -3.04. The van der Waals surface area contributed by atoms with Gasteiger partial charge >= 0.3 is 6.03 Å². The lowest BCUT2D eigenvalue weighted by Crippen LogP contribution is -2.24. The normalized spacial score (nSPS) is 10.9. The van der Waals surface area contributed by atoms with Gasteiger partial charge in [0.05, 0.1) is 12.4 Å². The molecule has 0 aliphatic heterocycles. The predicted octanol–water partition coefficient (Wildman–Crippen LogP) is -1.70. The van der Waals surface area contributed by atoms with E-state index in [4.69, 9.17) is 11.5 Å². The van der Waals surface area contributed by atoms with Crippen LogP contribution < -0.4 is 22.5 Å². The summed E-state index contributed by atoms with van der Waals surface area (Å²) in [4.78, 5) is 35.8. The van der Waals surface area contributed by atoms with Gasteiger partial charge in [-0.25, -0.2) is 20.2 Å². The number of aromatic nitrogens is 4. The summed E-state index contributed by atoms with van der Waals surface area (Å²) in [5.74, 6) is -0.0430. The van der Waals surface area contributed by atoms with E-state index in [1.165, 1.54) is 12.4 Å². The fraction of sp³-hybridized carbons (Fsp3) is 0. The third-order valence-electron chi connectivity index (χ3n) is 1.83. The molecule has 0 aliphatic rings. The predicted molar refractivity (Wildman–Crippen MR) is 62.7 cm³/mol. The number of urea groups is 1. The van der Waals surface area contributed by atoms with Crippen molar-refractivity contribution in [2.45, 2.75) is 0 Å². The molecule has 92 valence electrons. The molecule has 0 atom stereocenters. The van der Waals surface area contributed by atoms with E-state index in [1.807, 2.05) is 5.43 Å². The second-order valence-corrected chi connectivity index (χ2v) is 3.15. The van der Waals surface area contributed by atoms with Crippen LogP contribution in [0.25, 0.3) is 11.2 Å². The standard InChI is InChI=1S/C8H8N8O2/c9-7-14-5-4(6(17)15-7)13-3(1-11-5)2-12-16-8(10)18/h1-2H,(H3,10,16,18)(H3,9,11,14,15,17). The highest BCUT2D eigenvalue weighted by Crippen LogP contribution is 2.01. The van der Waals surface area contributed by atoms with E-state index in [2.05, 4.69) is 25.0 Å². The van der Waals surface area contributed by atoms with Crippen LogP contribution in [-0.2, 0) is 0 Å². The molecule has 0 saturated carbocycles. The second-order valence-electron chi connectivity index (χ2n) is 3.15. The molecule has 2 rings (SSSR count). The molecule has 0 aromatic carbocycles. The van der Waals surface area contributed by atoms with E-state index in [0.29, 0.717) is 0 Å². The first-order chi connectivity index (χ1) is 8.56. The number of nitrogen functional groups attached to an aromatic ring is 1. The lowest BCUT2D eigenvalue weighted by molar-refractivity contribution is 0.249. The van der Waals surface area contributed by atoms with E-state index in [-0.39, 0.29) is 22.8 Å². The summed E-state index contributed by atoms with van der Waals surface area (Å²) in [5.41, 5.74) is 12.0. The van der Waals surface area contributed by atoms with Crippen molar-refractivity contribution < 1.29 is 4.79 Å². The van der Waals surface area contributed by atoms with Crippen LogP contribution in [0.5, 0.6) is 0 Å². The average Bonchev–Trinajstić information content (AvgIpc) is 2.29. The van der Waals surface area contributed by atoms with Gasteiger partial charge in [-0.05, 0) is 0 Å². The summed E-state index contributed by atoms with van der Waals surface area (Å²) in [5, 5.41) is 3.49. The number of carbonyl (C=O) groups is 1. The molecule has 2 aromatic heterocycles. The number of H-pyrrole nitrogens is 1. The summed E-state index contributed by atoms with van der Waals surface area (Å²) >= 11 is 0. The summed E-state index contributed by atoms with van der Waals surface area (Å²) in [6.07, 6.45) is 2.51. The minimum absolute atomic E-state index is 0.0206. The zero-order valence-corrected chi connectivity index (χ0v) is 8.91. The highest BCUT2D eigenvalue weighted by Gasteiger charge is 2.05. The van der Waals surface area contributed by atoms with Crippen molar-refractivity contribution in [2.75, 3.05) is 5.73 Å². The van der Waals surface area contributed by atoms with Gasteiger partial charge < -0.3 is 11.5 Å². The van der Waals surface area contributed by atoms with Crippen LogP contribution in [0.2, 0.25) is 0 Å². The Bertz CT molecular complexity index is 691. The lowest BCUT2D eigenvalue weighted by Gasteiger charge is -1.98. The van der Waals surface area contributed by atoms with Gasteiger partial charge in [-0.2, -0.15) is 10.1 Å². The van der Waals surface area contributed by atoms with Crippen LogP contribution in [0.15, 0.2) is 16.1 Å². The van der Waals surface area contributed by atoms with E-state index in [1.54, 1.807) is 0 Å². The molecular weight excluding hydrogens is 240 g/mol. The van der Waals surface area contributed by atoms with Crippen molar-refractivity contribution in [3.05, 3.63) is 22.2 Å². The van der Waals surface area contributed by atoms with Crippen LogP contribution >= 0.6 is 0 Å². The Kier molecular flexibility index (Phi) is 2.83. The van der Waals surface area contributed by atoms with Gasteiger partial charge in [0.15, 0.2) is 11.2 Å². The van der Waals surface area contributed by atoms with E-state index < -0.39 is 11.6 Å². The van der Waals surface area contributed by atoms with Gasteiger partial charge in [-0.15, -0.1) is 0 Å². The average molecular weight is 248 g/mol. The van der Waals surface area contributed by atoms with E-state index in [9.17, 15) is 9.59 Å². The van der Waals surface area contributed by atoms with E-state index in [0.717, 1.165) is 0 Å². The van der Waals surface area contributed by atoms with Gasteiger partial charge in [0.25, 0.3) is 5.56 Å². The largest absolute Gasteiger partial charge is 0.369 e. The molecule has 0 aliphatic carbocycles. The maximum absolute atomic E-state index is 11.5. The molecule has 2 amide bonds. The smallest absolute Gasteiger partial charge is 0.332 e. The Morgan fingerprint density at radius 3 is 3.00 bits per heavy atom. The number of hydrogen-bond donors (Lipinski definition) is 4. The van der Waals surface area contributed by atoms with Gasteiger partial charge in [0, 0.05) is 0 Å². The first-order valence-corrected chi connectivity index (χ1v) is 4.67. The number of nitrogens with one attached hydrogen (secondary N) is 2. The molecule has 0 bridgehead atoms. The van der Waals surface area contributed by atoms with Crippen LogP contribution in [-0.4, -0.2) is 32.2 Å². The maximum Gasteiger partial charge on any atom is 0.332 e. The van der Waals surface area contributed by atoms with Crippen LogP contribution in [0.3, 0.4) is 0 Å². The number of carbonyl (C=O) groups excluding carboxylic acids is 1. The molecule has 0 saturated heterocycles. The molecule has 10 heteroatoms. The molecule has 2 heterocycles. The second kappa shape index (κ2) is 4.45. The Labute approximate surface area is 99.1 Å². The fourth-order valence-corrected chi connectivity index (χ4v) is 1.17. The number of nitrogens with two attached hydrogens (primary N) is 2. The first-order valence-electron chi connectivity index (χ1n) is 4.67. The Morgan fingerprint density at radius 1 is 1.50 bits per heavy atom. The molecule has 18 heavy (non-hydrogen) atoms. The minimum atomic E-state index is -0.813. The molecule has 0 radical (unpaired) electrons. The summed E-state index contributed by atoms with van der Waals surface area (Å²) in [6, 6.07) is -0.813. The first kappa shape index (κ1) is 11.4. The number of hydrazone groups is 1. The maximum atomic E-state index is 11.5. The number of aromatic amines is 1. The number of amides is 2. The zero-order valence-electron chi connectivity index (χ0n) is 8.91. The molecule has 2 aromatic rings. The SMILES string of the molecule is NC(=O)NN=Cc1cnc2nc(N)[nH]c(=O)c2n1. The number of anilines is 1. The van der Waals surface area contributed by atoms with Crippen molar-refractivity contribution in [1.82, 2.24) is 25.4 Å². The molecule has 10 nitrogen and oxygen atoms in total. The quantitative estimate of drug-likeness (QED) is 0.365. The molecule has 0 spiro atoms. The van der Waals surface area contributed by atoms with Crippen molar-refractivity contribution >= 4 is 29.4 Å². The summed E-state index contributed by atoms with van der Waals surface area (Å²) in [6.45, 7) is 0. The topological polar surface area (TPSA) is 165 Å². The van der Waals surface area contributed by atoms with Crippen molar-refractivity contribution in [2.24, 2.45) is 10.8 Å². The van der Waals surface area contributed by atoms with Gasteiger partial charge in [0.2, 0.25) is 5.95 Å². The number of rotatable bonds is 2. The third kappa shape index (κ3) is 2.37. The van der Waals surface area contributed by atoms with Crippen LogP contribution in [0.1, 0.15) is 5.69 Å². The van der Waals surface area contributed by atoms with Crippen LogP contribution in [0.4, 0.5) is 10.7 Å². The Morgan fingerprint density at radius 2 is 2.28 bits per heavy atom. The van der Waals surface area contributed by atoms with Crippen molar-refractivity contribution in [1.29, 1.82) is 0 Å². The van der Waals surface area contributed by atoms with Gasteiger partial charge in [0.1, 0.15) is 5.69 Å². The minimum Gasteiger partial charge on any atom is -0.369 e. The number of fused-ring (bicyclic) bond motifs is 1. The molecule has 6 N–H and O–H groups in total. The number of primary amides is 1. The molecule has 0 unspecified atom stereocenters. The number of nitrogens with zero attached hydrogens (tertiary/aromatic N) is 4. The van der Waals surface area contributed by atoms with Gasteiger partial charge in [-0.1, -0.05) is 0 Å². The molecular formula is C8H8N8O2. The molecule has 0 fully saturated rings. The zero-order chi connectivity index (χ0) is 13.1. The highest BCUT2D eigenvalue weighted by atomic mass is 16.2. The summed E-state index contributed by atoms with van der Waals surface area (Å²) in [7, 11) is 0. The van der Waals surface area contributed by atoms with Gasteiger partial charge in [-0.3, -0.25) is 9.78 Å². The van der Waals surface area contributed by atoms with Crippen molar-refractivity contribution in [3.63, 3.8) is 0 Å². The lowest BCUT2D eigenvalue weighted by atomic mass is 10.4. The fourth-order valence-electron chi connectivity index (χ4n) is 1.17. The highest BCUT2D eigenvalue weighted by molar-refractivity contribution is 5.82. The summed E-state index contributed by atoms with van der Waals surface area (Å²) < 4.78 is 0. The Balaban J connectivity index is 2.41. The third-order valence-corrected chi connectivity index (χ3v) is 1.83. The van der Waals surface area contributed by atoms with Crippen molar-refractivity contribution in [3.8, 4) is 0 Å². The van der Waals surface area contributed by atoms with E-state index >= 15 is 0 Å².